The zero-order chi connectivity index (χ0) is 30.1. The molecule has 3 rings (SSSR count). The number of rotatable bonds is 13. The summed E-state index contributed by atoms with van der Waals surface area (Å²) in [6.07, 6.45) is -0.727. The number of thiophene rings is 1. The normalized spacial score (nSPS) is 12.7. The van der Waals surface area contributed by atoms with Crippen LogP contribution in [0, 0.1) is 11.2 Å². The van der Waals surface area contributed by atoms with Gasteiger partial charge in [-0.3, -0.25) is 19.9 Å². The summed E-state index contributed by atoms with van der Waals surface area (Å²) in [4.78, 5) is 50.6. The van der Waals surface area contributed by atoms with Gasteiger partial charge in [-0.1, -0.05) is 30.3 Å². The Hall–Kier alpha value is -4.62. The minimum Gasteiger partial charge on any atom is -0.481 e. The second kappa shape index (κ2) is 13.4. The second-order valence-corrected chi connectivity index (χ2v) is 9.83. The van der Waals surface area contributed by atoms with Gasteiger partial charge in [-0.25, -0.2) is 14.0 Å². The van der Waals surface area contributed by atoms with E-state index in [-0.39, 0.29) is 42.0 Å². The number of carboxylic acid groups (broad SMARTS) is 2. The Morgan fingerprint density at radius 1 is 1.15 bits per heavy atom. The highest BCUT2D eigenvalue weighted by atomic mass is 32.1. The summed E-state index contributed by atoms with van der Waals surface area (Å²) in [6.45, 7) is 0.0186. The van der Waals surface area contributed by atoms with Gasteiger partial charge >= 0.3 is 17.9 Å². The molecule has 2 aromatic carbocycles. The SMILES string of the molecule is [2H]CN(Cc1ccc(C(=O)Oc2ccc(C(=N)N)cc2F)s1)[C@@H](Cc1ccccc1)C(=O)N[C@H](CC(=O)O)C(=O)O. The Morgan fingerprint density at radius 2 is 1.88 bits per heavy atom. The smallest absolute Gasteiger partial charge is 0.353 e. The van der Waals surface area contributed by atoms with Crippen molar-refractivity contribution in [1.82, 2.24) is 10.2 Å². The van der Waals surface area contributed by atoms with Gasteiger partial charge < -0.3 is 26.0 Å². The topological polar surface area (TPSA) is 183 Å². The number of nitrogen functional groups attached to an aromatic ring is 1. The lowest BCUT2D eigenvalue weighted by Crippen LogP contribution is -2.51. The summed E-state index contributed by atoms with van der Waals surface area (Å²) >= 11 is 1.00. The third-order valence-electron chi connectivity index (χ3n) is 5.68. The Bertz CT molecular complexity index is 1440. The van der Waals surface area contributed by atoms with Gasteiger partial charge in [-0.2, -0.15) is 0 Å². The van der Waals surface area contributed by atoms with Crippen LogP contribution in [-0.4, -0.2) is 63.9 Å². The van der Waals surface area contributed by atoms with Gasteiger partial charge in [0.25, 0.3) is 0 Å². The lowest BCUT2D eigenvalue weighted by atomic mass is 10.0. The molecule has 3 aromatic rings. The molecular weight excluding hydrogens is 543 g/mol. The largest absolute Gasteiger partial charge is 0.481 e. The highest BCUT2D eigenvalue weighted by Gasteiger charge is 2.30. The van der Waals surface area contributed by atoms with Crippen molar-refractivity contribution in [2.45, 2.75) is 31.5 Å². The van der Waals surface area contributed by atoms with E-state index >= 15 is 0 Å². The number of hydrogen-bond acceptors (Lipinski definition) is 8. The number of benzene rings is 2. The maximum atomic E-state index is 14.3. The highest BCUT2D eigenvalue weighted by Crippen LogP contribution is 2.24. The van der Waals surface area contributed by atoms with Crippen LogP contribution in [0.5, 0.6) is 5.75 Å². The van der Waals surface area contributed by atoms with E-state index in [9.17, 15) is 28.7 Å². The number of amidine groups is 1. The van der Waals surface area contributed by atoms with E-state index in [1.54, 1.807) is 36.4 Å². The van der Waals surface area contributed by atoms with E-state index in [0.29, 0.717) is 4.88 Å². The van der Waals surface area contributed by atoms with Crippen molar-refractivity contribution in [3.63, 3.8) is 0 Å². The van der Waals surface area contributed by atoms with Crippen LogP contribution < -0.4 is 15.8 Å². The third kappa shape index (κ3) is 8.19. The molecule has 0 saturated carbocycles. The van der Waals surface area contributed by atoms with E-state index in [4.69, 9.17) is 22.4 Å². The molecule has 0 radical (unpaired) electrons. The maximum absolute atomic E-state index is 14.3. The van der Waals surface area contributed by atoms with Crippen LogP contribution in [0.3, 0.4) is 0 Å². The van der Waals surface area contributed by atoms with E-state index in [0.717, 1.165) is 23.0 Å². The van der Waals surface area contributed by atoms with Gasteiger partial charge in [-0.05, 0) is 49.3 Å². The van der Waals surface area contributed by atoms with Crippen molar-refractivity contribution >= 4 is 41.0 Å². The van der Waals surface area contributed by atoms with Crippen LogP contribution >= 0.6 is 11.3 Å². The van der Waals surface area contributed by atoms with Crippen LogP contribution in [0.15, 0.2) is 60.7 Å². The molecule has 0 aliphatic carbocycles. The van der Waals surface area contributed by atoms with Crippen LogP contribution in [0.4, 0.5) is 4.39 Å². The fourth-order valence-corrected chi connectivity index (χ4v) is 4.56. The monoisotopic (exact) mass is 571 g/mol. The predicted octanol–water partition coefficient (Wildman–Crippen LogP) is 2.48. The zero-order valence-corrected chi connectivity index (χ0v) is 21.8. The summed E-state index contributed by atoms with van der Waals surface area (Å²) in [5, 5.41) is 28.0. The summed E-state index contributed by atoms with van der Waals surface area (Å²) < 4.78 is 27.5. The fraction of sp³-hybridized carbons (Fsp3) is 0.222. The summed E-state index contributed by atoms with van der Waals surface area (Å²) in [6, 6.07) is 12.6. The number of nitrogens with one attached hydrogen (secondary N) is 2. The van der Waals surface area contributed by atoms with Gasteiger partial charge in [0.1, 0.15) is 16.8 Å². The number of aliphatic carboxylic acids is 2. The van der Waals surface area contributed by atoms with Gasteiger partial charge in [0.05, 0.1) is 12.5 Å². The van der Waals surface area contributed by atoms with Crippen molar-refractivity contribution < 1.29 is 39.9 Å². The first-order valence-electron chi connectivity index (χ1n) is 12.5. The molecule has 0 saturated heterocycles. The number of carbonyl (C=O) groups is 4. The Kier molecular flexibility index (Phi) is 9.54. The lowest BCUT2D eigenvalue weighted by Gasteiger charge is -2.28. The molecule has 1 amide bonds. The number of carboxylic acids is 2. The number of esters is 1. The molecule has 0 fully saturated rings. The number of ether oxygens (including phenoxy) is 1. The lowest BCUT2D eigenvalue weighted by molar-refractivity contribution is -0.147. The number of halogens is 1. The van der Waals surface area contributed by atoms with Crippen molar-refractivity contribution in [2.24, 2.45) is 5.73 Å². The highest BCUT2D eigenvalue weighted by molar-refractivity contribution is 7.13. The summed E-state index contributed by atoms with van der Waals surface area (Å²) in [5.41, 5.74) is 6.19. The van der Waals surface area contributed by atoms with E-state index in [2.05, 4.69) is 5.32 Å². The number of carbonyl (C=O) groups excluding carboxylic acids is 2. The van der Waals surface area contributed by atoms with E-state index < -0.39 is 48.1 Å². The Labute approximate surface area is 233 Å². The molecule has 6 N–H and O–H groups in total. The standard InChI is InChI=1S/C27H27FN4O7S/c1-32(20(11-15-5-3-2-4-6-15)25(35)31-19(26(36)37)13-23(33)34)14-17-8-10-22(40-17)27(38)39-21-9-7-16(24(29)30)12-18(21)28/h2-10,12,19-20H,11,13-14H2,1H3,(H3,29,30)(H,31,35)(H,33,34)(H,36,37)/t19-,20+/m1/s1/i1D. The van der Waals surface area contributed by atoms with E-state index in [1.165, 1.54) is 23.1 Å². The van der Waals surface area contributed by atoms with E-state index in [1.807, 2.05) is 0 Å². The first-order chi connectivity index (χ1) is 19.5. The van der Waals surface area contributed by atoms with Crippen LogP contribution in [0.1, 0.15) is 33.5 Å². The minimum atomic E-state index is -1.67. The number of likely N-dealkylation sites (N-methyl/N-ethyl adjacent to an activating group) is 1. The van der Waals surface area contributed by atoms with Crippen molar-refractivity contribution in [2.75, 3.05) is 7.02 Å². The first-order valence-corrected chi connectivity index (χ1v) is 12.6. The maximum Gasteiger partial charge on any atom is 0.353 e. The molecule has 11 nitrogen and oxygen atoms in total. The molecule has 0 aliphatic heterocycles. The average molecular weight is 572 g/mol. The Balaban J connectivity index is 1.79. The third-order valence-corrected chi connectivity index (χ3v) is 6.73. The van der Waals surface area contributed by atoms with Gasteiger partial charge in [0.15, 0.2) is 11.6 Å². The zero-order valence-electron chi connectivity index (χ0n) is 22.0. The van der Waals surface area contributed by atoms with Gasteiger partial charge in [0, 0.05) is 18.4 Å². The molecule has 40 heavy (non-hydrogen) atoms. The van der Waals surface area contributed by atoms with Gasteiger partial charge in [0.2, 0.25) is 5.91 Å². The molecule has 210 valence electrons. The molecule has 1 aromatic heterocycles. The van der Waals surface area contributed by atoms with Crippen LogP contribution in [0.2, 0.25) is 0 Å². The number of nitrogens with zero attached hydrogens (tertiary/aromatic N) is 1. The second-order valence-electron chi connectivity index (χ2n) is 8.66. The van der Waals surface area contributed by atoms with Crippen molar-refractivity contribution in [3.05, 3.63) is 87.4 Å². The molecule has 0 unspecified atom stereocenters. The van der Waals surface area contributed by atoms with Crippen LogP contribution in [0.25, 0.3) is 0 Å². The molecule has 0 bridgehead atoms. The van der Waals surface area contributed by atoms with Crippen molar-refractivity contribution in [3.8, 4) is 5.75 Å². The minimum absolute atomic E-state index is 0.0186. The molecule has 1 heterocycles. The fourth-order valence-electron chi connectivity index (χ4n) is 3.65. The predicted molar refractivity (Wildman–Crippen MR) is 144 cm³/mol. The molecule has 2 atom stereocenters. The number of amides is 1. The van der Waals surface area contributed by atoms with Crippen molar-refractivity contribution in [1.29, 1.82) is 5.41 Å². The molecule has 13 heteroatoms. The summed E-state index contributed by atoms with van der Waals surface area (Å²) in [5.74, 6) is -6.09. The average Bonchev–Trinajstić information content (AvgIpc) is 3.40. The molecule has 0 aliphatic rings. The van der Waals surface area contributed by atoms with Gasteiger partial charge in [-0.15, -0.1) is 11.3 Å². The summed E-state index contributed by atoms with van der Waals surface area (Å²) in [7, 11) is -0.382. The quantitative estimate of drug-likeness (QED) is 0.0890. The van der Waals surface area contributed by atoms with Crippen LogP contribution in [-0.2, 0) is 27.3 Å². The Morgan fingerprint density at radius 3 is 2.48 bits per heavy atom. The molecule has 0 spiro atoms. The number of nitrogens with two attached hydrogens (primary N) is 1. The number of hydrogen-bond donors (Lipinski definition) is 5. The first kappa shape index (κ1) is 28.4. The molecular formula is C27H27FN4O7S.